The van der Waals surface area contributed by atoms with Gasteiger partial charge in [-0.3, -0.25) is 0 Å². The van der Waals surface area contributed by atoms with E-state index in [1.807, 2.05) is 11.3 Å². The Labute approximate surface area is 107 Å². The molecule has 0 aliphatic carbocycles. The predicted octanol–water partition coefficient (Wildman–Crippen LogP) is 2.94. The number of fused-ring (bicyclic) bond motifs is 1. The zero-order valence-corrected chi connectivity index (χ0v) is 11.4. The number of thiophene rings is 1. The first-order valence-corrected chi connectivity index (χ1v) is 6.96. The fraction of sp³-hybridized carbons (Fsp3) is 0.429. The van der Waals surface area contributed by atoms with E-state index < -0.39 is 0 Å². The Hall–Kier alpha value is -0.900. The Morgan fingerprint density at radius 1 is 1.24 bits per heavy atom. The minimum absolute atomic E-state index is 0.984. The smallest absolute Gasteiger partial charge is 0.0346 e. The molecule has 0 bridgehead atoms. The molecule has 0 aliphatic heterocycles. The van der Waals surface area contributed by atoms with Crippen molar-refractivity contribution < 1.29 is 0 Å². The third-order valence-electron chi connectivity index (χ3n) is 2.84. The fourth-order valence-electron chi connectivity index (χ4n) is 1.91. The van der Waals surface area contributed by atoms with Crippen LogP contribution in [0.4, 0.5) is 0 Å². The van der Waals surface area contributed by atoms with Crippen molar-refractivity contribution in [3.63, 3.8) is 0 Å². The van der Waals surface area contributed by atoms with Gasteiger partial charge in [0, 0.05) is 11.2 Å². The zero-order valence-electron chi connectivity index (χ0n) is 10.6. The number of rotatable bonds is 6. The maximum Gasteiger partial charge on any atom is 0.0346 e. The molecular formula is C14H20N2S. The van der Waals surface area contributed by atoms with Gasteiger partial charge < -0.3 is 10.2 Å². The third-order valence-corrected chi connectivity index (χ3v) is 3.85. The Balaban J connectivity index is 1.83. The van der Waals surface area contributed by atoms with Crippen molar-refractivity contribution in [3.05, 3.63) is 35.2 Å². The lowest BCUT2D eigenvalue weighted by atomic mass is 10.2. The van der Waals surface area contributed by atoms with Gasteiger partial charge in [-0.05, 0) is 56.0 Å². The minimum Gasteiger partial charge on any atom is -0.313 e. The van der Waals surface area contributed by atoms with Crippen LogP contribution < -0.4 is 5.32 Å². The van der Waals surface area contributed by atoms with Crippen LogP contribution >= 0.6 is 11.3 Å². The second-order valence-corrected chi connectivity index (χ2v) is 5.50. The molecular weight excluding hydrogens is 228 g/mol. The van der Waals surface area contributed by atoms with Gasteiger partial charge in [-0.25, -0.2) is 0 Å². The Bertz CT molecular complexity index is 462. The second-order valence-electron chi connectivity index (χ2n) is 4.59. The first kappa shape index (κ1) is 12.6. The van der Waals surface area contributed by atoms with Crippen LogP contribution in [0.25, 0.3) is 10.1 Å². The highest BCUT2D eigenvalue weighted by Gasteiger charge is 2.02. The van der Waals surface area contributed by atoms with Gasteiger partial charge in [0.1, 0.15) is 0 Å². The number of hydrogen-bond acceptors (Lipinski definition) is 3. The van der Waals surface area contributed by atoms with Crippen LogP contribution in [0.5, 0.6) is 0 Å². The van der Waals surface area contributed by atoms with Crippen LogP contribution in [-0.2, 0) is 6.54 Å². The van der Waals surface area contributed by atoms with Gasteiger partial charge in [-0.2, -0.15) is 0 Å². The molecule has 2 aromatic rings. The first-order chi connectivity index (χ1) is 8.27. The van der Waals surface area contributed by atoms with E-state index in [-0.39, 0.29) is 0 Å². The van der Waals surface area contributed by atoms with E-state index in [0.717, 1.165) is 19.6 Å². The summed E-state index contributed by atoms with van der Waals surface area (Å²) in [4.78, 5) is 2.22. The van der Waals surface area contributed by atoms with Gasteiger partial charge in [0.15, 0.2) is 0 Å². The molecule has 0 unspecified atom stereocenters. The number of nitrogens with one attached hydrogen (secondary N) is 1. The van der Waals surface area contributed by atoms with E-state index in [1.54, 1.807) is 0 Å². The van der Waals surface area contributed by atoms with Crippen molar-refractivity contribution in [2.24, 2.45) is 0 Å². The van der Waals surface area contributed by atoms with Gasteiger partial charge in [-0.15, -0.1) is 11.3 Å². The minimum atomic E-state index is 0.984. The van der Waals surface area contributed by atoms with Crippen molar-refractivity contribution in [1.29, 1.82) is 0 Å². The molecule has 0 radical (unpaired) electrons. The highest BCUT2D eigenvalue weighted by atomic mass is 32.1. The summed E-state index contributed by atoms with van der Waals surface area (Å²) in [6.07, 6.45) is 1.20. The maximum absolute atomic E-state index is 3.52. The van der Waals surface area contributed by atoms with Crippen molar-refractivity contribution in [3.8, 4) is 0 Å². The Kier molecular flexibility index (Phi) is 4.54. The van der Waals surface area contributed by atoms with Crippen molar-refractivity contribution >= 4 is 21.4 Å². The summed E-state index contributed by atoms with van der Waals surface area (Å²) in [5, 5.41) is 7.18. The lowest BCUT2D eigenvalue weighted by Gasteiger charge is -2.09. The van der Waals surface area contributed by atoms with Crippen LogP contribution in [0, 0.1) is 0 Å². The van der Waals surface area contributed by atoms with Crippen LogP contribution in [0.15, 0.2) is 29.6 Å². The standard InChI is InChI=1S/C14H20N2S/c1-16(2)9-5-8-15-10-12-11-17-14-7-4-3-6-13(12)14/h3-4,6-7,11,15H,5,8-10H2,1-2H3. The highest BCUT2D eigenvalue weighted by molar-refractivity contribution is 7.17. The van der Waals surface area contributed by atoms with Gasteiger partial charge >= 0.3 is 0 Å². The average Bonchev–Trinajstić information content (AvgIpc) is 2.72. The van der Waals surface area contributed by atoms with E-state index >= 15 is 0 Å². The molecule has 1 N–H and O–H groups in total. The van der Waals surface area contributed by atoms with Crippen LogP contribution in [-0.4, -0.2) is 32.1 Å². The van der Waals surface area contributed by atoms with Crippen LogP contribution in [0.2, 0.25) is 0 Å². The topological polar surface area (TPSA) is 15.3 Å². The summed E-state index contributed by atoms with van der Waals surface area (Å²) in [6.45, 7) is 3.22. The maximum atomic E-state index is 3.52. The summed E-state index contributed by atoms with van der Waals surface area (Å²) in [7, 11) is 4.23. The molecule has 0 spiro atoms. The Morgan fingerprint density at radius 3 is 2.88 bits per heavy atom. The van der Waals surface area contributed by atoms with Crippen LogP contribution in [0.3, 0.4) is 0 Å². The van der Waals surface area contributed by atoms with Gasteiger partial charge in [0.25, 0.3) is 0 Å². The summed E-state index contributed by atoms with van der Waals surface area (Å²) >= 11 is 1.83. The molecule has 92 valence electrons. The molecule has 0 aliphatic rings. The van der Waals surface area contributed by atoms with Crippen LogP contribution in [0.1, 0.15) is 12.0 Å². The first-order valence-electron chi connectivity index (χ1n) is 6.08. The summed E-state index contributed by atoms with van der Waals surface area (Å²) in [5.74, 6) is 0. The molecule has 3 heteroatoms. The normalized spacial score (nSPS) is 11.5. The third kappa shape index (κ3) is 3.53. The summed E-state index contributed by atoms with van der Waals surface area (Å²) < 4.78 is 1.39. The summed E-state index contributed by atoms with van der Waals surface area (Å²) in [5.41, 5.74) is 1.43. The molecule has 0 saturated carbocycles. The monoisotopic (exact) mass is 248 g/mol. The molecule has 2 rings (SSSR count). The van der Waals surface area contributed by atoms with Gasteiger partial charge in [0.05, 0.1) is 0 Å². The van der Waals surface area contributed by atoms with E-state index in [2.05, 4.69) is 54.0 Å². The molecule has 0 amide bonds. The predicted molar refractivity (Wildman–Crippen MR) is 76.7 cm³/mol. The second kappa shape index (κ2) is 6.15. The van der Waals surface area contributed by atoms with Gasteiger partial charge in [-0.1, -0.05) is 18.2 Å². The zero-order chi connectivity index (χ0) is 12.1. The number of nitrogens with zero attached hydrogens (tertiary/aromatic N) is 1. The van der Waals surface area contributed by atoms with E-state index in [4.69, 9.17) is 0 Å². The molecule has 0 fully saturated rings. The fourth-order valence-corrected chi connectivity index (χ4v) is 2.88. The molecule has 0 atom stereocenters. The Morgan fingerprint density at radius 2 is 2.06 bits per heavy atom. The lowest BCUT2D eigenvalue weighted by molar-refractivity contribution is 0.394. The number of benzene rings is 1. The summed E-state index contributed by atoms with van der Waals surface area (Å²) in [6, 6.07) is 8.62. The van der Waals surface area contributed by atoms with E-state index in [1.165, 1.54) is 22.1 Å². The van der Waals surface area contributed by atoms with E-state index in [0.29, 0.717) is 0 Å². The molecule has 17 heavy (non-hydrogen) atoms. The van der Waals surface area contributed by atoms with Crippen molar-refractivity contribution in [2.75, 3.05) is 27.2 Å². The lowest BCUT2D eigenvalue weighted by Crippen LogP contribution is -2.20. The molecule has 1 aromatic carbocycles. The van der Waals surface area contributed by atoms with E-state index in [9.17, 15) is 0 Å². The van der Waals surface area contributed by atoms with Crippen molar-refractivity contribution in [2.45, 2.75) is 13.0 Å². The number of hydrogen-bond donors (Lipinski definition) is 1. The molecule has 2 nitrogen and oxygen atoms in total. The highest BCUT2D eigenvalue weighted by Crippen LogP contribution is 2.25. The molecule has 0 saturated heterocycles. The van der Waals surface area contributed by atoms with Crippen molar-refractivity contribution in [1.82, 2.24) is 10.2 Å². The molecule has 1 heterocycles. The quantitative estimate of drug-likeness (QED) is 0.791. The van der Waals surface area contributed by atoms with Gasteiger partial charge in [0.2, 0.25) is 0 Å². The largest absolute Gasteiger partial charge is 0.313 e. The average molecular weight is 248 g/mol. The SMILES string of the molecule is CN(C)CCCNCc1csc2ccccc12. The molecule has 1 aromatic heterocycles.